The maximum atomic E-state index is 13.2. The first-order chi connectivity index (χ1) is 7.68. The zero-order valence-electron chi connectivity index (χ0n) is 9.02. The van der Waals surface area contributed by atoms with Crippen molar-refractivity contribution >= 4 is 0 Å². The summed E-state index contributed by atoms with van der Waals surface area (Å²) in [6, 6.07) is 8.24. The van der Waals surface area contributed by atoms with Crippen LogP contribution in [0.4, 0.5) is 4.39 Å². The lowest BCUT2D eigenvalue weighted by Gasteiger charge is -2.12. The van der Waals surface area contributed by atoms with Crippen LogP contribution in [0.1, 0.15) is 18.5 Å². The predicted molar refractivity (Wildman–Crippen MR) is 62.2 cm³/mol. The highest BCUT2D eigenvalue weighted by atomic mass is 19.1. The number of pyridine rings is 1. The number of nitrogens with two attached hydrogens (primary N) is 1. The summed E-state index contributed by atoms with van der Waals surface area (Å²) in [4.78, 5) is 4.03. The van der Waals surface area contributed by atoms with Crippen LogP contribution in [0.5, 0.6) is 0 Å². The summed E-state index contributed by atoms with van der Waals surface area (Å²) < 4.78 is 13.2. The van der Waals surface area contributed by atoms with E-state index >= 15 is 0 Å². The van der Waals surface area contributed by atoms with Crippen molar-refractivity contribution in [3.63, 3.8) is 0 Å². The monoisotopic (exact) mass is 216 g/mol. The molecule has 3 heteroatoms. The van der Waals surface area contributed by atoms with Crippen molar-refractivity contribution in [1.82, 2.24) is 4.98 Å². The summed E-state index contributed by atoms with van der Waals surface area (Å²) in [5.74, 6) is -0.261. The molecule has 16 heavy (non-hydrogen) atoms. The van der Waals surface area contributed by atoms with Crippen LogP contribution >= 0.6 is 0 Å². The summed E-state index contributed by atoms with van der Waals surface area (Å²) in [6.45, 7) is 1.88. The second kappa shape index (κ2) is 4.41. The summed E-state index contributed by atoms with van der Waals surface area (Å²) >= 11 is 0. The summed E-state index contributed by atoms with van der Waals surface area (Å²) in [5, 5.41) is 0. The topological polar surface area (TPSA) is 38.9 Å². The third-order valence-corrected chi connectivity index (χ3v) is 2.48. The Morgan fingerprint density at radius 1 is 1.31 bits per heavy atom. The molecule has 0 bridgehead atoms. The normalized spacial score (nSPS) is 12.4. The molecular weight excluding hydrogens is 203 g/mol. The largest absolute Gasteiger partial charge is 0.324 e. The van der Waals surface area contributed by atoms with Crippen LogP contribution in [0.25, 0.3) is 11.1 Å². The second-order valence-electron chi connectivity index (χ2n) is 3.76. The zero-order valence-corrected chi connectivity index (χ0v) is 9.02. The lowest BCUT2D eigenvalue weighted by Crippen LogP contribution is -2.07. The molecule has 82 valence electrons. The van der Waals surface area contributed by atoms with Gasteiger partial charge in [0, 0.05) is 24.0 Å². The van der Waals surface area contributed by atoms with Crippen molar-refractivity contribution in [3.8, 4) is 11.1 Å². The van der Waals surface area contributed by atoms with Gasteiger partial charge in [-0.05, 0) is 36.2 Å². The lowest BCUT2D eigenvalue weighted by molar-refractivity contribution is 0.626. The smallest absolute Gasteiger partial charge is 0.123 e. The van der Waals surface area contributed by atoms with Gasteiger partial charge in [-0.1, -0.05) is 12.1 Å². The van der Waals surface area contributed by atoms with Crippen molar-refractivity contribution < 1.29 is 4.39 Å². The van der Waals surface area contributed by atoms with E-state index in [0.29, 0.717) is 0 Å². The van der Waals surface area contributed by atoms with Gasteiger partial charge in [0.2, 0.25) is 0 Å². The number of hydrogen-bond acceptors (Lipinski definition) is 2. The van der Waals surface area contributed by atoms with E-state index < -0.39 is 0 Å². The number of benzene rings is 1. The molecule has 2 N–H and O–H groups in total. The molecule has 2 nitrogen and oxygen atoms in total. The molecule has 2 rings (SSSR count). The van der Waals surface area contributed by atoms with Gasteiger partial charge in [0.25, 0.3) is 0 Å². The van der Waals surface area contributed by atoms with Crippen LogP contribution in [-0.2, 0) is 0 Å². The fraction of sp³-hybridized carbons (Fsp3) is 0.154. The molecule has 1 aromatic carbocycles. The molecule has 1 atom stereocenters. The number of halogens is 1. The third-order valence-electron chi connectivity index (χ3n) is 2.48. The van der Waals surface area contributed by atoms with Crippen LogP contribution in [0, 0.1) is 5.82 Å². The molecule has 1 aromatic heterocycles. The molecule has 0 aliphatic carbocycles. The Morgan fingerprint density at radius 3 is 2.75 bits per heavy atom. The Hall–Kier alpha value is -1.74. The Morgan fingerprint density at radius 2 is 2.12 bits per heavy atom. The minimum atomic E-state index is -0.261. The van der Waals surface area contributed by atoms with Gasteiger partial charge in [-0.3, -0.25) is 4.98 Å². The van der Waals surface area contributed by atoms with Crippen molar-refractivity contribution in [2.24, 2.45) is 5.73 Å². The van der Waals surface area contributed by atoms with Crippen molar-refractivity contribution in [3.05, 3.63) is 54.1 Å². The minimum absolute atomic E-state index is 0.129. The van der Waals surface area contributed by atoms with Gasteiger partial charge < -0.3 is 5.73 Å². The molecule has 1 heterocycles. The van der Waals surface area contributed by atoms with Crippen LogP contribution in [0.3, 0.4) is 0 Å². The highest BCUT2D eigenvalue weighted by molar-refractivity contribution is 5.67. The highest BCUT2D eigenvalue weighted by Gasteiger charge is 2.09. The Labute approximate surface area is 93.9 Å². The van der Waals surface area contributed by atoms with E-state index in [1.807, 2.05) is 19.1 Å². The maximum Gasteiger partial charge on any atom is 0.123 e. The average Bonchev–Trinajstić information content (AvgIpc) is 2.29. The van der Waals surface area contributed by atoms with Crippen LogP contribution in [-0.4, -0.2) is 4.98 Å². The van der Waals surface area contributed by atoms with Crippen molar-refractivity contribution in [2.45, 2.75) is 13.0 Å². The van der Waals surface area contributed by atoms with E-state index in [2.05, 4.69) is 4.98 Å². The van der Waals surface area contributed by atoms with E-state index in [-0.39, 0.29) is 11.9 Å². The molecule has 2 aromatic rings. The van der Waals surface area contributed by atoms with E-state index in [1.54, 1.807) is 18.5 Å². The standard InChI is InChI=1S/C13H13FN2/c1-9(15)12-5-4-11(14)7-13(12)10-3-2-6-16-8-10/h2-9H,15H2,1H3. The molecule has 0 fully saturated rings. The predicted octanol–water partition coefficient (Wildman–Crippen LogP) is 2.91. The summed E-state index contributed by atoms with van der Waals surface area (Å²) in [7, 11) is 0. The molecule has 0 aliphatic heterocycles. The molecule has 0 saturated heterocycles. The van der Waals surface area contributed by atoms with Crippen LogP contribution in [0.15, 0.2) is 42.7 Å². The van der Waals surface area contributed by atoms with Gasteiger partial charge in [0.15, 0.2) is 0 Å². The van der Waals surface area contributed by atoms with Crippen LogP contribution < -0.4 is 5.73 Å². The average molecular weight is 216 g/mol. The van der Waals surface area contributed by atoms with Gasteiger partial charge in [-0.25, -0.2) is 4.39 Å². The highest BCUT2D eigenvalue weighted by Crippen LogP contribution is 2.27. The van der Waals surface area contributed by atoms with Gasteiger partial charge in [-0.15, -0.1) is 0 Å². The SMILES string of the molecule is CC(N)c1ccc(F)cc1-c1cccnc1. The van der Waals surface area contributed by atoms with Gasteiger partial charge in [-0.2, -0.15) is 0 Å². The van der Waals surface area contributed by atoms with E-state index in [0.717, 1.165) is 16.7 Å². The van der Waals surface area contributed by atoms with Gasteiger partial charge in [0.05, 0.1) is 0 Å². The first-order valence-corrected chi connectivity index (χ1v) is 5.14. The van der Waals surface area contributed by atoms with E-state index in [1.165, 1.54) is 12.1 Å². The molecule has 0 saturated carbocycles. The molecule has 0 aliphatic rings. The third kappa shape index (κ3) is 2.09. The Bertz CT molecular complexity index is 481. The van der Waals surface area contributed by atoms with Gasteiger partial charge in [0.1, 0.15) is 5.82 Å². The maximum absolute atomic E-state index is 13.2. The fourth-order valence-electron chi connectivity index (χ4n) is 1.70. The number of aromatic nitrogens is 1. The summed E-state index contributed by atoms with van der Waals surface area (Å²) in [6.07, 6.45) is 3.40. The van der Waals surface area contributed by atoms with Crippen LogP contribution in [0.2, 0.25) is 0 Å². The van der Waals surface area contributed by atoms with Crippen molar-refractivity contribution in [1.29, 1.82) is 0 Å². The molecule has 0 spiro atoms. The lowest BCUT2D eigenvalue weighted by atomic mass is 9.97. The first kappa shape index (κ1) is 10.8. The molecule has 1 unspecified atom stereocenters. The minimum Gasteiger partial charge on any atom is -0.324 e. The van der Waals surface area contributed by atoms with Gasteiger partial charge >= 0.3 is 0 Å². The number of rotatable bonds is 2. The van der Waals surface area contributed by atoms with E-state index in [4.69, 9.17) is 5.73 Å². The quantitative estimate of drug-likeness (QED) is 0.838. The fourth-order valence-corrected chi connectivity index (χ4v) is 1.70. The molecular formula is C13H13FN2. The molecule has 0 radical (unpaired) electrons. The first-order valence-electron chi connectivity index (χ1n) is 5.14. The Balaban J connectivity index is 2.58. The zero-order chi connectivity index (χ0) is 11.5. The van der Waals surface area contributed by atoms with E-state index in [9.17, 15) is 4.39 Å². The Kier molecular flexibility index (Phi) is 2.97. The second-order valence-corrected chi connectivity index (χ2v) is 3.76. The number of hydrogen-bond donors (Lipinski definition) is 1. The molecule has 0 amide bonds. The summed E-state index contributed by atoms with van der Waals surface area (Å²) in [5.41, 5.74) is 8.48. The van der Waals surface area contributed by atoms with Crippen molar-refractivity contribution in [2.75, 3.05) is 0 Å². The number of nitrogens with zero attached hydrogens (tertiary/aromatic N) is 1.